The SMILES string of the molecule is CC(C)=NNC(=O)C1COc2ccccc2O1. The van der Waals surface area contributed by atoms with Crippen LogP contribution in [0.3, 0.4) is 0 Å². The summed E-state index contributed by atoms with van der Waals surface area (Å²) >= 11 is 0. The van der Waals surface area contributed by atoms with Gasteiger partial charge in [0.1, 0.15) is 6.61 Å². The first kappa shape index (κ1) is 11.4. The monoisotopic (exact) mass is 234 g/mol. The van der Waals surface area contributed by atoms with E-state index in [1.54, 1.807) is 26.0 Å². The van der Waals surface area contributed by atoms with Crippen LogP contribution < -0.4 is 14.9 Å². The number of hydrogen-bond donors (Lipinski definition) is 1. The van der Waals surface area contributed by atoms with E-state index in [0.717, 1.165) is 5.71 Å². The molecule has 0 aromatic heterocycles. The Hall–Kier alpha value is -2.04. The highest BCUT2D eigenvalue weighted by Crippen LogP contribution is 2.30. The van der Waals surface area contributed by atoms with Gasteiger partial charge in [0.15, 0.2) is 11.5 Å². The van der Waals surface area contributed by atoms with Gasteiger partial charge >= 0.3 is 0 Å². The lowest BCUT2D eigenvalue weighted by molar-refractivity contribution is -0.130. The number of para-hydroxylation sites is 2. The first-order chi connectivity index (χ1) is 8.16. The van der Waals surface area contributed by atoms with Gasteiger partial charge in [-0.3, -0.25) is 4.79 Å². The molecule has 1 heterocycles. The zero-order valence-corrected chi connectivity index (χ0v) is 9.77. The molecule has 1 aromatic carbocycles. The molecule has 0 bridgehead atoms. The molecule has 2 rings (SSSR count). The van der Waals surface area contributed by atoms with Crippen LogP contribution in [-0.2, 0) is 4.79 Å². The van der Waals surface area contributed by atoms with Crippen LogP contribution in [0.4, 0.5) is 0 Å². The molecule has 5 heteroatoms. The third-order valence-corrected chi connectivity index (χ3v) is 2.19. The minimum absolute atomic E-state index is 0.196. The molecule has 1 N–H and O–H groups in total. The Balaban J connectivity index is 2.02. The fourth-order valence-corrected chi connectivity index (χ4v) is 1.39. The van der Waals surface area contributed by atoms with Crippen molar-refractivity contribution in [2.75, 3.05) is 6.61 Å². The summed E-state index contributed by atoms with van der Waals surface area (Å²) in [5, 5.41) is 3.84. The molecule has 1 aliphatic heterocycles. The van der Waals surface area contributed by atoms with Gasteiger partial charge in [0.25, 0.3) is 5.91 Å². The Labute approximate surface area is 99.4 Å². The van der Waals surface area contributed by atoms with Crippen LogP contribution in [0.2, 0.25) is 0 Å². The van der Waals surface area contributed by atoms with Crippen molar-refractivity contribution >= 4 is 11.6 Å². The Morgan fingerprint density at radius 3 is 2.76 bits per heavy atom. The second-order valence-electron chi connectivity index (χ2n) is 3.90. The predicted molar refractivity (Wildman–Crippen MR) is 63.3 cm³/mol. The molecule has 0 saturated carbocycles. The van der Waals surface area contributed by atoms with Crippen molar-refractivity contribution in [3.8, 4) is 11.5 Å². The smallest absolute Gasteiger partial charge is 0.284 e. The van der Waals surface area contributed by atoms with E-state index in [4.69, 9.17) is 9.47 Å². The molecule has 1 amide bonds. The summed E-state index contributed by atoms with van der Waals surface area (Å²) in [6, 6.07) is 7.26. The number of nitrogens with zero attached hydrogens (tertiary/aromatic N) is 1. The summed E-state index contributed by atoms with van der Waals surface area (Å²) in [6.07, 6.45) is -0.659. The van der Waals surface area contributed by atoms with Gasteiger partial charge in [0.2, 0.25) is 6.10 Å². The van der Waals surface area contributed by atoms with Crippen LogP contribution in [-0.4, -0.2) is 24.3 Å². The zero-order chi connectivity index (χ0) is 12.3. The Morgan fingerprint density at radius 2 is 2.06 bits per heavy atom. The van der Waals surface area contributed by atoms with Gasteiger partial charge in [-0.15, -0.1) is 0 Å². The number of hydrazone groups is 1. The molecule has 0 saturated heterocycles. The second-order valence-corrected chi connectivity index (χ2v) is 3.90. The fourth-order valence-electron chi connectivity index (χ4n) is 1.39. The molecule has 1 aliphatic rings. The van der Waals surface area contributed by atoms with Crippen LogP contribution in [0.15, 0.2) is 29.4 Å². The highest BCUT2D eigenvalue weighted by Gasteiger charge is 2.26. The maximum absolute atomic E-state index is 11.7. The molecule has 0 radical (unpaired) electrons. The van der Waals surface area contributed by atoms with Gasteiger partial charge in [-0.25, -0.2) is 5.43 Å². The quantitative estimate of drug-likeness (QED) is 0.620. The lowest BCUT2D eigenvalue weighted by atomic mass is 10.2. The molecule has 0 spiro atoms. The summed E-state index contributed by atoms with van der Waals surface area (Å²) in [5.41, 5.74) is 3.20. The lowest BCUT2D eigenvalue weighted by Crippen LogP contribution is -2.42. The highest BCUT2D eigenvalue weighted by molar-refractivity contribution is 5.85. The van der Waals surface area contributed by atoms with Crippen molar-refractivity contribution in [1.82, 2.24) is 5.43 Å². The fraction of sp³-hybridized carbons (Fsp3) is 0.333. The average molecular weight is 234 g/mol. The molecule has 5 nitrogen and oxygen atoms in total. The number of nitrogens with one attached hydrogen (secondary N) is 1. The summed E-state index contributed by atoms with van der Waals surface area (Å²) < 4.78 is 10.9. The highest BCUT2D eigenvalue weighted by atomic mass is 16.6. The number of benzene rings is 1. The third kappa shape index (κ3) is 2.75. The van der Waals surface area contributed by atoms with Gasteiger partial charge in [0.05, 0.1) is 0 Å². The standard InChI is InChI=1S/C12H14N2O3/c1-8(2)13-14-12(15)11-7-16-9-5-3-4-6-10(9)17-11/h3-6,11H,7H2,1-2H3,(H,14,15). The largest absolute Gasteiger partial charge is 0.485 e. The van der Waals surface area contributed by atoms with Crippen LogP contribution >= 0.6 is 0 Å². The molecule has 17 heavy (non-hydrogen) atoms. The van der Waals surface area contributed by atoms with Gasteiger partial charge in [-0.2, -0.15) is 5.10 Å². The van der Waals surface area contributed by atoms with Crippen LogP contribution in [0.5, 0.6) is 11.5 Å². The van der Waals surface area contributed by atoms with E-state index in [9.17, 15) is 4.79 Å². The van der Waals surface area contributed by atoms with E-state index in [2.05, 4.69) is 10.5 Å². The number of rotatable bonds is 2. The average Bonchev–Trinajstić information content (AvgIpc) is 2.35. The molecule has 0 fully saturated rings. The minimum Gasteiger partial charge on any atom is -0.485 e. The van der Waals surface area contributed by atoms with Crippen molar-refractivity contribution in [1.29, 1.82) is 0 Å². The second kappa shape index (κ2) is 4.86. The zero-order valence-electron chi connectivity index (χ0n) is 9.77. The molecule has 1 unspecified atom stereocenters. The Morgan fingerprint density at radius 1 is 1.35 bits per heavy atom. The van der Waals surface area contributed by atoms with Crippen molar-refractivity contribution in [2.24, 2.45) is 5.10 Å². The number of fused-ring (bicyclic) bond motifs is 1. The van der Waals surface area contributed by atoms with Gasteiger partial charge in [0, 0.05) is 5.71 Å². The summed E-state index contributed by atoms with van der Waals surface area (Å²) in [6.45, 7) is 3.79. The Bertz CT molecular complexity index is 453. The molecule has 1 aromatic rings. The van der Waals surface area contributed by atoms with Crippen LogP contribution in [0.1, 0.15) is 13.8 Å². The van der Waals surface area contributed by atoms with Crippen LogP contribution in [0.25, 0.3) is 0 Å². The minimum atomic E-state index is -0.659. The topological polar surface area (TPSA) is 59.9 Å². The van der Waals surface area contributed by atoms with E-state index >= 15 is 0 Å². The third-order valence-electron chi connectivity index (χ3n) is 2.19. The molecular formula is C12H14N2O3. The normalized spacial score (nSPS) is 17.2. The van der Waals surface area contributed by atoms with Crippen molar-refractivity contribution in [2.45, 2.75) is 20.0 Å². The van der Waals surface area contributed by atoms with E-state index < -0.39 is 6.10 Å². The number of carbonyl (C=O) groups excluding carboxylic acids is 1. The summed E-state index contributed by atoms with van der Waals surface area (Å²) in [4.78, 5) is 11.7. The lowest BCUT2D eigenvalue weighted by Gasteiger charge is -2.24. The van der Waals surface area contributed by atoms with Crippen LogP contribution in [0, 0.1) is 0 Å². The number of ether oxygens (including phenoxy) is 2. The maximum Gasteiger partial charge on any atom is 0.284 e. The van der Waals surface area contributed by atoms with Gasteiger partial charge in [-0.1, -0.05) is 12.1 Å². The van der Waals surface area contributed by atoms with Gasteiger partial charge in [-0.05, 0) is 26.0 Å². The van der Waals surface area contributed by atoms with Gasteiger partial charge < -0.3 is 9.47 Å². The molecule has 1 atom stereocenters. The first-order valence-corrected chi connectivity index (χ1v) is 5.36. The number of hydrogen-bond acceptors (Lipinski definition) is 4. The first-order valence-electron chi connectivity index (χ1n) is 5.36. The van der Waals surface area contributed by atoms with Crippen molar-refractivity contribution in [3.63, 3.8) is 0 Å². The maximum atomic E-state index is 11.7. The predicted octanol–water partition coefficient (Wildman–Crippen LogP) is 1.34. The molecular weight excluding hydrogens is 220 g/mol. The van der Waals surface area contributed by atoms with E-state index in [0.29, 0.717) is 11.5 Å². The number of amides is 1. The summed E-state index contributed by atoms with van der Waals surface area (Å²) in [7, 11) is 0. The Kier molecular flexibility index (Phi) is 3.27. The number of carbonyl (C=O) groups is 1. The van der Waals surface area contributed by atoms with E-state index in [-0.39, 0.29) is 12.5 Å². The molecule has 90 valence electrons. The molecule has 0 aliphatic carbocycles. The van der Waals surface area contributed by atoms with Crippen molar-refractivity contribution < 1.29 is 14.3 Å². The summed E-state index contributed by atoms with van der Waals surface area (Å²) in [5.74, 6) is 0.934. The van der Waals surface area contributed by atoms with E-state index in [1.807, 2.05) is 12.1 Å². The van der Waals surface area contributed by atoms with Crippen molar-refractivity contribution in [3.05, 3.63) is 24.3 Å². The van der Waals surface area contributed by atoms with E-state index in [1.165, 1.54) is 0 Å².